The van der Waals surface area contributed by atoms with E-state index >= 15 is 0 Å². The van der Waals surface area contributed by atoms with Gasteiger partial charge < -0.3 is 5.32 Å². The van der Waals surface area contributed by atoms with Crippen molar-refractivity contribution in [3.8, 4) is 0 Å². The molecule has 0 saturated heterocycles. The average molecular weight is 239 g/mol. The smallest absolute Gasteiger partial charge is 0.0589 e. The van der Waals surface area contributed by atoms with E-state index in [1.807, 2.05) is 12.1 Å². The highest BCUT2D eigenvalue weighted by atomic mass is 35.5. The monoisotopic (exact) mass is 238 g/mol. The van der Waals surface area contributed by atoms with Crippen LogP contribution < -0.4 is 5.32 Å². The zero-order valence-corrected chi connectivity index (χ0v) is 10.7. The lowest BCUT2D eigenvalue weighted by Gasteiger charge is -2.18. The van der Waals surface area contributed by atoms with Gasteiger partial charge in [0.1, 0.15) is 0 Å². The Balaban J connectivity index is 2.76. The molecule has 1 heterocycles. The SMILES string of the molecule is C=C(CC)CC(NCC)c1ccc(Cl)cn1. The second-order valence-electron chi connectivity index (χ2n) is 3.82. The highest BCUT2D eigenvalue weighted by Gasteiger charge is 2.12. The topological polar surface area (TPSA) is 24.9 Å². The Bertz CT molecular complexity index is 332. The van der Waals surface area contributed by atoms with Crippen molar-refractivity contribution in [2.75, 3.05) is 6.54 Å². The lowest BCUT2D eigenvalue weighted by atomic mass is 10.0. The quantitative estimate of drug-likeness (QED) is 0.764. The normalized spacial score (nSPS) is 12.4. The van der Waals surface area contributed by atoms with Crippen LogP contribution in [0.4, 0.5) is 0 Å². The van der Waals surface area contributed by atoms with Crippen molar-refractivity contribution in [3.63, 3.8) is 0 Å². The summed E-state index contributed by atoms with van der Waals surface area (Å²) in [4.78, 5) is 4.35. The first kappa shape index (κ1) is 13.2. The molecule has 0 aliphatic rings. The van der Waals surface area contributed by atoms with E-state index < -0.39 is 0 Å². The fourth-order valence-electron chi connectivity index (χ4n) is 1.55. The summed E-state index contributed by atoms with van der Waals surface area (Å²) in [5, 5.41) is 4.09. The van der Waals surface area contributed by atoms with Gasteiger partial charge in [0, 0.05) is 6.20 Å². The Morgan fingerprint density at radius 2 is 2.25 bits per heavy atom. The van der Waals surface area contributed by atoms with Crippen LogP contribution in [0.5, 0.6) is 0 Å². The summed E-state index contributed by atoms with van der Waals surface area (Å²) in [7, 11) is 0. The van der Waals surface area contributed by atoms with Crippen molar-refractivity contribution >= 4 is 11.6 Å². The standard InChI is InChI=1S/C13H19ClN2/c1-4-10(3)8-13(15-5-2)12-7-6-11(14)9-16-12/h6-7,9,13,15H,3-5,8H2,1-2H3. The van der Waals surface area contributed by atoms with E-state index in [2.05, 4.69) is 30.7 Å². The Hall–Kier alpha value is -0.860. The first-order chi connectivity index (χ1) is 7.67. The number of halogens is 1. The molecule has 1 rings (SSSR count). The Kier molecular flexibility index (Phi) is 5.50. The minimum atomic E-state index is 0.245. The summed E-state index contributed by atoms with van der Waals surface area (Å²) in [6.07, 6.45) is 3.63. The summed E-state index contributed by atoms with van der Waals surface area (Å²) in [5.41, 5.74) is 2.27. The Morgan fingerprint density at radius 3 is 2.75 bits per heavy atom. The van der Waals surface area contributed by atoms with Gasteiger partial charge in [0.2, 0.25) is 0 Å². The van der Waals surface area contributed by atoms with Crippen LogP contribution in [0.25, 0.3) is 0 Å². The highest BCUT2D eigenvalue weighted by molar-refractivity contribution is 6.30. The molecule has 1 aromatic rings. The second kappa shape index (κ2) is 6.66. The van der Waals surface area contributed by atoms with Gasteiger partial charge in [-0.15, -0.1) is 0 Å². The van der Waals surface area contributed by atoms with Crippen LogP contribution >= 0.6 is 11.6 Å². The number of nitrogens with one attached hydrogen (secondary N) is 1. The van der Waals surface area contributed by atoms with E-state index in [0.29, 0.717) is 5.02 Å². The summed E-state index contributed by atoms with van der Waals surface area (Å²) in [6.45, 7) is 9.19. The van der Waals surface area contributed by atoms with Crippen LogP contribution in [-0.2, 0) is 0 Å². The number of rotatable bonds is 6. The third-order valence-electron chi connectivity index (χ3n) is 2.55. The van der Waals surface area contributed by atoms with Crippen molar-refractivity contribution in [2.24, 2.45) is 0 Å². The molecule has 0 aromatic carbocycles. The third kappa shape index (κ3) is 3.95. The van der Waals surface area contributed by atoms with E-state index in [1.54, 1.807) is 6.20 Å². The second-order valence-corrected chi connectivity index (χ2v) is 4.26. The minimum absolute atomic E-state index is 0.245. The molecule has 16 heavy (non-hydrogen) atoms. The van der Waals surface area contributed by atoms with Gasteiger partial charge in [-0.05, 0) is 31.5 Å². The molecule has 1 aromatic heterocycles. The number of hydrogen-bond acceptors (Lipinski definition) is 2. The van der Waals surface area contributed by atoms with Gasteiger partial charge in [-0.2, -0.15) is 0 Å². The van der Waals surface area contributed by atoms with Crippen molar-refractivity contribution in [1.29, 1.82) is 0 Å². The molecule has 0 saturated carbocycles. The molecule has 0 bridgehead atoms. The molecule has 0 aliphatic carbocycles. The summed E-state index contributed by atoms with van der Waals surface area (Å²) >= 11 is 5.83. The van der Waals surface area contributed by atoms with E-state index in [-0.39, 0.29) is 6.04 Å². The minimum Gasteiger partial charge on any atom is -0.309 e. The Morgan fingerprint density at radius 1 is 1.50 bits per heavy atom. The maximum absolute atomic E-state index is 5.83. The van der Waals surface area contributed by atoms with Gasteiger partial charge in [0.25, 0.3) is 0 Å². The zero-order chi connectivity index (χ0) is 12.0. The van der Waals surface area contributed by atoms with E-state index in [0.717, 1.165) is 25.1 Å². The van der Waals surface area contributed by atoms with E-state index in [1.165, 1.54) is 5.57 Å². The van der Waals surface area contributed by atoms with Crippen LogP contribution in [0, 0.1) is 0 Å². The number of hydrogen-bond donors (Lipinski definition) is 1. The highest BCUT2D eigenvalue weighted by Crippen LogP contribution is 2.21. The summed E-state index contributed by atoms with van der Waals surface area (Å²) < 4.78 is 0. The van der Waals surface area contributed by atoms with E-state index in [4.69, 9.17) is 11.6 Å². The Labute approximate surface area is 103 Å². The van der Waals surface area contributed by atoms with Crippen LogP contribution in [0.15, 0.2) is 30.5 Å². The average Bonchev–Trinajstić information content (AvgIpc) is 2.29. The molecule has 1 atom stereocenters. The number of nitrogens with zero attached hydrogens (tertiary/aromatic N) is 1. The first-order valence-electron chi connectivity index (χ1n) is 5.68. The van der Waals surface area contributed by atoms with Crippen molar-refractivity contribution in [2.45, 2.75) is 32.7 Å². The summed E-state index contributed by atoms with van der Waals surface area (Å²) in [6, 6.07) is 4.09. The van der Waals surface area contributed by atoms with Gasteiger partial charge in [0.05, 0.1) is 16.8 Å². The lowest BCUT2D eigenvalue weighted by molar-refractivity contribution is 0.530. The van der Waals surface area contributed by atoms with Gasteiger partial charge in [-0.3, -0.25) is 4.98 Å². The lowest BCUT2D eigenvalue weighted by Crippen LogP contribution is -2.22. The van der Waals surface area contributed by atoms with Crippen LogP contribution in [0.2, 0.25) is 5.02 Å². The van der Waals surface area contributed by atoms with E-state index in [9.17, 15) is 0 Å². The van der Waals surface area contributed by atoms with Gasteiger partial charge in [-0.1, -0.05) is 37.6 Å². The third-order valence-corrected chi connectivity index (χ3v) is 2.77. The van der Waals surface area contributed by atoms with Crippen molar-refractivity contribution in [3.05, 3.63) is 41.2 Å². The number of aromatic nitrogens is 1. The fourth-order valence-corrected chi connectivity index (χ4v) is 1.67. The molecule has 0 radical (unpaired) electrons. The molecular weight excluding hydrogens is 220 g/mol. The van der Waals surface area contributed by atoms with Gasteiger partial charge >= 0.3 is 0 Å². The zero-order valence-electron chi connectivity index (χ0n) is 9.96. The predicted molar refractivity (Wildman–Crippen MR) is 69.7 cm³/mol. The fraction of sp³-hybridized carbons (Fsp3) is 0.462. The molecule has 2 nitrogen and oxygen atoms in total. The number of pyridine rings is 1. The van der Waals surface area contributed by atoms with Gasteiger partial charge in [0.15, 0.2) is 0 Å². The van der Waals surface area contributed by atoms with Crippen LogP contribution in [0.3, 0.4) is 0 Å². The molecule has 88 valence electrons. The molecule has 1 unspecified atom stereocenters. The van der Waals surface area contributed by atoms with Crippen molar-refractivity contribution in [1.82, 2.24) is 10.3 Å². The predicted octanol–water partition coefficient (Wildman–Crippen LogP) is 3.74. The van der Waals surface area contributed by atoms with Crippen LogP contribution in [0.1, 0.15) is 38.4 Å². The molecular formula is C13H19ClN2. The van der Waals surface area contributed by atoms with Gasteiger partial charge in [-0.25, -0.2) is 0 Å². The molecule has 0 fully saturated rings. The largest absolute Gasteiger partial charge is 0.309 e. The molecule has 0 spiro atoms. The maximum Gasteiger partial charge on any atom is 0.0589 e. The maximum atomic E-state index is 5.83. The molecule has 0 amide bonds. The summed E-state index contributed by atoms with van der Waals surface area (Å²) in [5.74, 6) is 0. The molecule has 1 N–H and O–H groups in total. The molecule has 3 heteroatoms. The molecule has 0 aliphatic heterocycles. The van der Waals surface area contributed by atoms with Crippen molar-refractivity contribution < 1.29 is 0 Å². The van der Waals surface area contributed by atoms with Crippen LogP contribution in [-0.4, -0.2) is 11.5 Å². The first-order valence-corrected chi connectivity index (χ1v) is 6.06.